The SMILES string of the molecule is CC(C)CC(NC(=O)C(NC(=O)OCC(C)(C)C)C(C)C)C(=O)NC1CNNC(=O)C1=O. The molecule has 1 fully saturated rings. The Morgan fingerprint density at radius 3 is 2.22 bits per heavy atom. The maximum absolute atomic E-state index is 12.9. The van der Waals surface area contributed by atoms with Crippen LogP contribution in [0.2, 0.25) is 0 Å². The van der Waals surface area contributed by atoms with Gasteiger partial charge in [0.2, 0.25) is 17.6 Å². The van der Waals surface area contributed by atoms with Crippen LogP contribution in [0.3, 0.4) is 0 Å². The molecule has 0 radical (unpaired) electrons. The fourth-order valence-corrected chi connectivity index (χ4v) is 2.88. The summed E-state index contributed by atoms with van der Waals surface area (Å²) in [6.45, 7) is 13.3. The van der Waals surface area contributed by atoms with Crippen LogP contribution in [0.5, 0.6) is 0 Å². The van der Waals surface area contributed by atoms with Gasteiger partial charge in [0.25, 0.3) is 0 Å². The number of hydrogen-bond donors (Lipinski definition) is 5. The first kappa shape index (κ1) is 27.3. The maximum Gasteiger partial charge on any atom is 0.407 e. The summed E-state index contributed by atoms with van der Waals surface area (Å²) < 4.78 is 5.19. The third-order valence-corrected chi connectivity index (χ3v) is 4.56. The van der Waals surface area contributed by atoms with E-state index in [1.54, 1.807) is 13.8 Å². The van der Waals surface area contributed by atoms with E-state index in [1.807, 2.05) is 34.6 Å². The van der Waals surface area contributed by atoms with E-state index in [9.17, 15) is 24.0 Å². The predicted molar refractivity (Wildman–Crippen MR) is 117 cm³/mol. The van der Waals surface area contributed by atoms with Gasteiger partial charge in [0.05, 0.1) is 6.61 Å². The summed E-state index contributed by atoms with van der Waals surface area (Å²) in [6, 6.07) is -2.91. The summed E-state index contributed by atoms with van der Waals surface area (Å²) in [7, 11) is 0. The minimum atomic E-state index is -1.03. The number of Topliss-reactive ketones (excluding diaryl/α,β-unsaturated/α-hetero) is 1. The third kappa shape index (κ3) is 9.21. The summed E-state index contributed by atoms with van der Waals surface area (Å²) in [4.78, 5) is 61.4. The first-order chi connectivity index (χ1) is 14.7. The smallest absolute Gasteiger partial charge is 0.407 e. The van der Waals surface area contributed by atoms with Gasteiger partial charge in [-0.2, -0.15) is 0 Å². The van der Waals surface area contributed by atoms with E-state index in [2.05, 4.69) is 26.8 Å². The zero-order valence-electron chi connectivity index (χ0n) is 20.0. The number of ether oxygens (including phenoxy) is 1. The van der Waals surface area contributed by atoms with E-state index in [-0.39, 0.29) is 30.4 Å². The van der Waals surface area contributed by atoms with Crippen molar-refractivity contribution in [1.82, 2.24) is 26.8 Å². The Labute approximate surface area is 189 Å². The van der Waals surface area contributed by atoms with Crippen molar-refractivity contribution >= 4 is 29.6 Å². The number of ketones is 1. The third-order valence-electron chi connectivity index (χ3n) is 4.56. The Bertz CT molecular complexity index is 716. The molecule has 1 saturated heterocycles. The molecule has 5 N–H and O–H groups in total. The molecule has 4 amide bonds. The molecule has 0 saturated carbocycles. The van der Waals surface area contributed by atoms with Gasteiger partial charge in [-0.3, -0.25) is 24.6 Å². The van der Waals surface area contributed by atoms with E-state index in [0.717, 1.165) is 0 Å². The fourth-order valence-electron chi connectivity index (χ4n) is 2.88. The van der Waals surface area contributed by atoms with Crippen molar-refractivity contribution in [1.29, 1.82) is 0 Å². The number of carbonyl (C=O) groups excluding carboxylic acids is 5. The molecular formula is C21H37N5O6. The minimum absolute atomic E-state index is 0.0362. The molecule has 0 aromatic carbocycles. The standard InChI is InChI=1S/C21H37N5O6/c1-11(2)8-13(17(28)24-14-9-22-26-19(30)16(14)27)23-18(29)15(12(3)4)25-20(31)32-10-21(5,6)7/h11-15,22H,8-10H2,1-7H3,(H,23,29)(H,24,28)(H,25,31)(H,26,30). The van der Waals surface area contributed by atoms with E-state index in [0.29, 0.717) is 6.42 Å². The summed E-state index contributed by atoms with van der Waals surface area (Å²) >= 11 is 0. The Balaban J connectivity index is 2.84. The molecule has 0 bridgehead atoms. The lowest BCUT2D eigenvalue weighted by atomic mass is 9.99. The second kappa shape index (κ2) is 11.8. The van der Waals surface area contributed by atoms with Crippen LogP contribution in [0, 0.1) is 17.3 Å². The summed E-state index contributed by atoms with van der Waals surface area (Å²) in [5.41, 5.74) is 4.49. The second-order valence-electron chi connectivity index (χ2n) is 9.95. The molecule has 1 heterocycles. The molecular weight excluding hydrogens is 418 g/mol. The predicted octanol–water partition coefficient (Wildman–Crippen LogP) is 0.00250. The Kier molecular flexibility index (Phi) is 10.1. The number of carbonyl (C=O) groups is 5. The fraction of sp³-hybridized carbons (Fsp3) is 0.762. The number of hydrogen-bond acceptors (Lipinski definition) is 7. The molecule has 0 aliphatic carbocycles. The van der Waals surface area contributed by atoms with Gasteiger partial charge >= 0.3 is 12.0 Å². The van der Waals surface area contributed by atoms with Crippen LogP contribution in [0.4, 0.5) is 4.79 Å². The Hall–Kier alpha value is -2.69. The Morgan fingerprint density at radius 2 is 1.69 bits per heavy atom. The summed E-state index contributed by atoms with van der Waals surface area (Å²) in [6.07, 6.45) is -0.416. The van der Waals surface area contributed by atoms with Crippen LogP contribution in [0.25, 0.3) is 0 Å². The normalized spacial score (nSPS) is 18.6. The maximum atomic E-state index is 12.9. The largest absolute Gasteiger partial charge is 0.449 e. The highest BCUT2D eigenvalue weighted by Gasteiger charge is 2.34. The average Bonchev–Trinajstić information content (AvgIpc) is 2.66. The topological polar surface area (TPSA) is 155 Å². The van der Waals surface area contributed by atoms with Crippen molar-refractivity contribution in [3.63, 3.8) is 0 Å². The number of nitrogens with one attached hydrogen (secondary N) is 5. The number of alkyl carbamates (subject to hydrolysis) is 1. The van der Waals surface area contributed by atoms with Crippen molar-refractivity contribution in [2.45, 2.75) is 73.0 Å². The lowest BCUT2D eigenvalue weighted by Crippen LogP contribution is -2.64. The number of hydrazine groups is 1. The lowest BCUT2D eigenvalue weighted by molar-refractivity contribution is -0.143. The van der Waals surface area contributed by atoms with Gasteiger partial charge in [0, 0.05) is 6.54 Å². The first-order valence-electron chi connectivity index (χ1n) is 10.8. The Morgan fingerprint density at radius 1 is 1.06 bits per heavy atom. The second-order valence-corrected chi connectivity index (χ2v) is 9.95. The number of amides is 4. The zero-order valence-corrected chi connectivity index (χ0v) is 20.0. The quantitative estimate of drug-likeness (QED) is 0.307. The monoisotopic (exact) mass is 455 g/mol. The molecule has 3 atom stereocenters. The van der Waals surface area contributed by atoms with Gasteiger partial charge in [-0.25, -0.2) is 10.2 Å². The highest BCUT2D eigenvalue weighted by Crippen LogP contribution is 2.13. The van der Waals surface area contributed by atoms with Gasteiger partial charge in [-0.05, 0) is 23.7 Å². The molecule has 182 valence electrons. The van der Waals surface area contributed by atoms with Crippen molar-refractivity contribution < 1.29 is 28.7 Å². The molecule has 0 aromatic rings. The van der Waals surface area contributed by atoms with Gasteiger partial charge in [0.15, 0.2) is 0 Å². The molecule has 1 rings (SSSR count). The van der Waals surface area contributed by atoms with Crippen molar-refractivity contribution in [3.8, 4) is 0 Å². The first-order valence-corrected chi connectivity index (χ1v) is 10.8. The van der Waals surface area contributed by atoms with Gasteiger partial charge in [-0.15, -0.1) is 0 Å². The highest BCUT2D eigenvalue weighted by atomic mass is 16.5. The highest BCUT2D eigenvalue weighted by molar-refractivity contribution is 6.39. The van der Waals surface area contributed by atoms with E-state index >= 15 is 0 Å². The van der Waals surface area contributed by atoms with Crippen LogP contribution >= 0.6 is 0 Å². The van der Waals surface area contributed by atoms with Gasteiger partial charge in [0.1, 0.15) is 18.1 Å². The molecule has 3 unspecified atom stereocenters. The van der Waals surface area contributed by atoms with Gasteiger partial charge < -0.3 is 20.7 Å². The van der Waals surface area contributed by atoms with Crippen LogP contribution in [-0.4, -0.2) is 60.9 Å². The zero-order chi connectivity index (χ0) is 24.6. The number of rotatable bonds is 9. The lowest BCUT2D eigenvalue weighted by Gasteiger charge is -2.28. The van der Waals surface area contributed by atoms with Crippen LogP contribution < -0.4 is 26.8 Å². The molecule has 32 heavy (non-hydrogen) atoms. The van der Waals surface area contributed by atoms with E-state index in [4.69, 9.17) is 4.74 Å². The van der Waals surface area contributed by atoms with E-state index in [1.165, 1.54) is 0 Å². The van der Waals surface area contributed by atoms with Crippen LogP contribution in [0.15, 0.2) is 0 Å². The molecule has 11 heteroatoms. The molecule has 11 nitrogen and oxygen atoms in total. The molecule has 1 aliphatic rings. The molecule has 0 spiro atoms. The molecule has 0 aromatic heterocycles. The summed E-state index contributed by atoms with van der Waals surface area (Å²) in [5.74, 6) is -2.96. The van der Waals surface area contributed by atoms with Crippen molar-refractivity contribution in [2.24, 2.45) is 17.3 Å². The summed E-state index contributed by atoms with van der Waals surface area (Å²) in [5, 5.41) is 7.75. The van der Waals surface area contributed by atoms with Crippen LogP contribution in [0.1, 0.15) is 54.9 Å². The average molecular weight is 456 g/mol. The van der Waals surface area contributed by atoms with Crippen LogP contribution in [-0.2, 0) is 23.9 Å². The van der Waals surface area contributed by atoms with E-state index < -0.39 is 47.7 Å². The van der Waals surface area contributed by atoms with Crippen molar-refractivity contribution in [2.75, 3.05) is 13.2 Å². The molecule has 1 aliphatic heterocycles. The minimum Gasteiger partial charge on any atom is -0.449 e. The van der Waals surface area contributed by atoms with Crippen molar-refractivity contribution in [3.05, 3.63) is 0 Å². The van der Waals surface area contributed by atoms with Gasteiger partial charge in [-0.1, -0.05) is 48.5 Å².